The summed E-state index contributed by atoms with van der Waals surface area (Å²) in [5.74, 6) is 0.128. The Morgan fingerprint density at radius 2 is 2.05 bits per heavy atom. The van der Waals surface area contributed by atoms with Crippen molar-refractivity contribution in [2.24, 2.45) is 0 Å². The fourth-order valence-electron chi connectivity index (χ4n) is 1.42. The molecule has 106 valence electrons. The molecule has 0 unspecified atom stereocenters. The van der Waals surface area contributed by atoms with Gasteiger partial charge in [-0.25, -0.2) is 17.9 Å². The topological polar surface area (TPSA) is 111 Å². The second-order valence-electron chi connectivity index (χ2n) is 3.82. The van der Waals surface area contributed by atoms with E-state index in [9.17, 15) is 13.2 Å². The molecule has 19 heavy (non-hydrogen) atoms. The van der Waals surface area contributed by atoms with Crippen molar-refractivity contribution in [2.75, 3.05) is 19.4 Å². The highest BCUT2D eigenvalue weighted by Gasteiger charge is 2.22. The molecule has 0 spiro atoms. The number of hydrogen-bond donors (Lipinski definition) is 3. The van der Waals surface area contributed by atoms with Crippen LogP contribution < -0.4 is 20.5 Å². The molecule has 2 amide bonds. The standard InChI is InChI=1S/C11H17N3O4S/c1-4-13-11(15)14-19(16,17)10-6-8(12)7(2)5-9(10)18-3/h5-6H,4,12H2,1-3H3,(H2,13,14,15). The summed E-state index contributed by atoms with van der Waals surface area (Å²) in [5, 5.41) is 2.33. The number of sulfonamides is 1. The molecule has 0 aromatic heterocycles. The van der Waals surface area contributed by atoms with Crippen LogP contribution in [0.25, 0.3) is 0 Å². The summed E-state index contributed by atoms with van der Waals surface area (Å²) >= 11 is 0. The fourth-order valence-corrected chi connectivity index (χ4v) is 2.54. The number of nitrogen functional groups attached to an aromatic ring is 1. The number of carbonyl (C=O) groups is 1. The Hall–Kier alpha value is -1.96. The predicted octanol–water partition coefficient (Wildman–Crippen LogP) is 0.594. The number of anilines is 1. The number of rotatable bonds is 4. The molecule has 0 saturated carbocycles. The van der Waals surface area contributed by atoms with Gasteiger partial charge >= 0.3 is 6.03 Å². The molecular formula is C11H17N3O4S. The van der Waals surface area contributed by atoms with Gasteiger partial charge in [-0.2, -0.15) is 0 Å². The lowest BCUT2D eigenvalue weighted by Crippen LogP contribution is -2.39. The van der Waals surface area contributed by atoms with E-state index in [1.807, 2.05) is 4.72 Å². The molecule has 0 bridgehead atoms. The van der Waals surface area contributed by atoms with E-state index in [4.69, 9.17) is 10.5 Å². The molecule has 0 atom stereocenters. The van der Waals surface area contributed by atoms with Crippen molar-refractivity contribution in [3.05, 3.63) is 17.7 Å². The van der Waals surface area contributed by atoms with Crippen LogP contribution >= 0.6 is 0 Å². The lowest BCUT2D eigenvalue weighted by Gasteiger charge is -2.13. The van der Waals surface area contributed by atoms with Crippen molar-refractivity contribution < 1.29 is 17.9 Å². The van der Waals surface area contributed by atoms with Gasteiger partial charge in [-0.15, -0.1) is 0 Å². The van der Waals surface area contributed by atoms with Crippen LogP contribution in [-0.4, -0.2) is 28.1 Å². The van der Waals surface area contributed by atoms with Crippen LogP contribution in [0.5, 0.6) is 5.75 Å². The van der Waals surface area contributed by atoms with Gasteiger partial charge in [0.2, 0.25) is 0 Å². The Balaban J connectivity index is 3.21. The first-order valence-corrected chi connectivity index (χ1v) is 7.05. The van der Waals surface area contributed by atoms with Crippen LogP contribution in [0.2, 0.25) is 0 Å². The Morgan fingerprint density at radius 3 is 2.58 bits per heavy atom. The summed E-state index contributed by atoms with van der Waals surface area (Å²) in [6.45, 7) is 3.72. The molecular weight excluding hydrogens is 270 g/mol. The summed E-state index contributed by atoms with van der Waals surface area (Å²) in [6.07, 6.45) is 0. The molecule has 8 heteroatoms. The highest BCUT2D eigenvalue weighted by molar-refractivity contribution is 7.90. The van der Waals surface area contributed by atoms with Gasteiger partial charge in [0, 0.05) is 12.2 Å². The molecule has 4 N–H and O–H groups in total. The van der Waals surface area contributed by atoms with E-state index in [0.29, 0.717) is 17.8 Å². The maximum Gasteiger partial charge on any atom is 0.328 e. The summed E-state index contributed by atoms with van der Waals surface area (Å²) in [6, 6.07) is 1.96. The second kappa shape index (κ2) is 5.79. The van der Waals surface area contributed by atoms with Crippen LogP contribution in [0.4, 0.5) is 10.5 Å². The molecule has 0 heterocycles. The summed E-state index contributed by atoms with van der Waals surface area (Å²) in [5.41, 5.74) is 6.67. The maximum absolute atomic E-state index is 12.1. The van der Waals surface area contributed by atoms with Crippen LogP contribution in [0.3, 0.4) is 0 Å². The SMILES string of the molecule is CCNC(=O)NS(=O)(=O)c1cc(N)c(C)cc1OC. The van der Waals surface area contributed by atoms with Crippen LogP contribution in [0.15, 0.2) is 17.0 Å². The van der Waals surface area contributed by atoms with Gasteiger partial charge in [-0.05, 0) is 31.5 Å². The Bertz CT molecular complexity index is 584. The zero-order valence-electron chi connectivity index (χ0n) is 11.0. The van der Waals surface area contributed by atoms with E-state index in [2.05, 4.69) is 5.32 Å². The number of urea groups is 1. The molecule has 0 aliphatic heterocycles. The van der Waals surface area contributed by atoms with Crippen LogP contribution in [0.1, 0.15) is 12.5 Å². The number of hydrogen-bond acceptors (Lipinski definition) is 5. The molecule has 1 aromatic rings. The molecule has 1 aromatic carbocycles. The molecule has 0 radical (unpaired) electrons. The minimum atomic E-state index is -4.03. The van der Waals surface area contributed by atoms with E-state index in [-0.39, 0.29) is 10.6 Å². The molecule has 7 nitrogen and oxygen atoms in total. The third-order valence-electron chi connectivity index (χ3n) is 2.41. The van der Waals surface area contributed by atoms with E-state index in [1.54, 1.807) is 13.8 Å². The van der Waals surface area contributed by atoms with Crippen molar-refractivity contribution in [1.82, 2.24) is 10.0 Å². The Kier molecular flexibility index (Phi) is 4.60. The molecule has 0 aliphatic rings. The number of carbonyl (C=O) groups excluding carboxylic acids is 1. The quantitative estimate of drug-likeness (QED) is 0.702. The smallest absolute Gasteiger partial charge is 0.328 e. The molecule has 0 fully saturated rings. The van der Waals surface area contributed by atoms with E-state index < -0.39 is 16.1 Å². The minimum Gasteiger partial charge on any atom is -0.495 e. The summed E-state index contributed by atoms with van der Waals surface area (Å²) in [4.78, 5) is 11.1. The first-order valence-electron chi connectivity index (χ1n) is 5.56. The van der Waals surface area contributed by atoms with Crippen molar-refractivity contribution in [2.45, 2.75) is 18.7 Å². The third kappa shape index (κ3) is 3.50. The zero-order valence-corrected chi connectivity index (χ0v) is 11.8. The highest BCUT2D eigenvalue weighted by Crippen LogP contribution is 2.28. The first-order chi connectivity index (χ1) is 8.81. The highest BCUT2D eigenvalue weighted by atomic mass is 32.2. The number of nitrogens with two attached hydrogens (primary N) is 1. The molecule has 1 rings (SSSR count). The van der Waals surface area contributed by atoms with Gasteiger partial charge in [-0.1, -0.05) is 0 Å². The first kappa shape index (κ1) is 15.1. The average molecular weight is 287 g/mol. The fraction of sp³-hybridized carbons (Fsp3) is 0.364. The van der Waals surface area contributed by atoms with Crippen molar-refractivity contribution in [3.8, 4) is 5.75 Å². The minimum absolute atomic E-state index is 0.128. The molecule has 0 saturated heterocycles. The normalized spacial score (nSPS) is 10.9. The van der Waals surface area contributed by atoms with Crippen LogP contribution in [-0.2, 0) is 10.0 Å². The maximum atomic E-state index is 12.1. The number of methoxy groups -OCH3 is 1. The average Bonchev–Trinajstić information content (AvgIpc) is 2.31. The van der Waals surface area contributed by atoms with E-state index in [1.165, 1.54) is 19.2 Å². The van der Waals surface area contributed by atoms with Gasteiger partial charge in [0.15, 0.2) is 0 Å². The number of amides is 2. The number of benzene rings is 1. The second-order valence-corrected chi connectivity index (χ2v) is 5.48. The predicted molar refractivity (Wildman–Crippen MR) is 71.5 cm³/mol. The van der Waals surface area contributed by atoms with E-state index >= 15 is 0 Å². The lowest BCUT2D eigenvalue weighted by atomic mass is 10.2. The number of aryl methyl sites for hydroxylation is 1. The van der Waals surface area contributed by atoms with Gasteiger partial charge < -0.3 is 15.8 Å². The van der Waals surface area contributed by atoms with Gasteiger partial charge in [0.25, 0.3) is 10.0 Å². The van der Waals surface area contributed by atoms with Crippen molar-refractivity contribution >= 4 is 21.7 Å². The van der Waals surface area contributed by atoms with Gasteiger partial charge in [0.05, 0.1) is 7.11 Å². The lowest BCUT2D eigenvalue weighted by molar-refractivity contribution is 0.246. The number of nitrogens with one attached hydrogen (secondary N) is 2. The monoisotopic (exact) mass is 287 g/mol. The Morgan fingerprint density at radius 1 is 1.42 bits per heavy atom. The largest absolute Gasteiger partial charge is 0.495 e. The number of ether oxygens (including phenoxy) is 1. The van der Waals surface area contributed by atoms with Crippen molar-refractivity contribution in [3.63, 3.8) is 0 Å². The van der Waals surface area contributed by atoms with E-state index in [0.717, 1.165) is 0 Å². The summed E-state index contributed by atoms with van der Waals surface area (Å²) < 4.78 is 31.0. The van der Waals surface area contributed by atoms with Gasteiger partial charge in [-0.3, -0.25) is 0 Å². The van der Waals surface area contributed by atoms with Crippen molar-refractivity contribution in [1.29, 1.82) is 0 Å². The summed E-state index contributed by atoms with van der Waals surface area (Å²) in [7, 11) is -2.69. The zero-order chi connectivity index (χ0) is 14.6. The van der Waals surface area contributed by atoms with Crippen LogP contribution in [0, 0.1) is 6.92 Å². The Labute approximate surface area is 112 Å². The third-order valence-corrected chi connectivity index (χ3v) is 3.76. The van der Waals surface area contributed by atoms with Gasteiger partial charge in [0.1, 0.15) is 10.6 Å². The molecule has 0 aliphatic carbocycles.